The van der Waals surface area contributed by atoms with Gasteiger partial charge in [-0.15, -0.1) is 0 Å². The van der Waals surface area contributed by atoms with Crippen LogP contribution < -0.4 is 4.90 Å². The van der Waals surface area contributed by atoms with E-state index in [1.165, 1.54) is 12.0 Å². The molecule has 3 rings (SSSR count). The van der Waals surface area contributed by atoms with Crippen molar-refractivity contribution in [2.24, 2.45) is 0 Å². The van der Waals surface area contributed by atoms with Crippen LogP contribution in [0.1, 0.15) is 15.9 Å². The lowest BCUT2D eigenvalue weighted by atomic mass is 10.1. The molecule has 0 saturated carbocycles. The highest BCUT2D eigenvalue weighted by Crippen LogP contribution is 2.23. The molecule has 9 heteroatoms. The van der Waals surface area contributed by atoms with Crippen LogP contribution in [-0.4, -0.2) is 63.0 Å². The second-order valence-electron chi connectivity index (χ2n) is 6.97. The summed E-state index contributed by atoms with van der Waals surface area (Å²) in [5.41, 5.74) is 1.97. The average molecular weight is 434 g/mol. The standard InChI is InChI=1S/C22H24F2N2O5/c1-29-20(27)17-7-9-18(10-8-17)26-12-11-25(13-19(26)15-30-21(23)24)22(28)31-14-16-5-3-2-4-6-16/h2-10,19,21H,11-15H2,1H3. The summed E-state index contributed by atoms with van der Waals surface area (Å²) in [5.74, 6) is -0.463. The van der Waals surface area contributed by atoms with E-state index < -0.39 is 24.7 Å². The Labute approximate surface area is 179 Å². The van der Waals surface area contributed by atoms with Crippen LogP contribution in [0.5, 0.6) is 0 Å². The number of carbonyl (C=O) groups is 2. The molecule has 1 aliphatic heterocycles. The zero-order valence-electron chi connectivity index (χ0n) is 17.1. The van der Waals surface area contributed by atoms with Gasteiger partial charge in [0.15, 0.2) is 0 Å². The third-order valence-corrected chi connectivity index (χ3v) is 4.98. The molecule has 0 aliphatic carbocycles. The van der Waals surface area contributed by atoms with E-state index in [-0.39, 0.29) is 19.8 Å². The van der Waals surface area contributed by atoms with Crippen molar-refractivity contribution in [1.82, 2.24) is 4.90 Å². The van der Waals surface area contributed by atoms with Crippen molar-refractivity contribution in [3.05, 3.63) is 65.7 Å². The third kappa shape index (κ3) is 6.14. The molecule has 7 nitrogen and oxygen atoms in total. The van der Waals surface area contributed by atoms with Gasteiger partial charge in [-0.05, 0) is 29.8 Å². The van der Waals surface area contributed by atoms with Crippen molar-refractivity contribution >= 4 is 17.7 Å². The molecule has 1 unspecified atom stereocenters. The Morgan fingerprint density at radius 1 is 1.06 bits per heavy atom. The van der Waals surface area contributed by atoms with Gasteiger partial charge in [0.2, 0.25) is 0 Å². The monoisotopic (exact) mass is 434 g/mol. The van der Waals surface area contributed by atoms with E-state index in [4.69, 9.17) is 4.74 Å². The number of anilines is 1. The Morgan fingerprint density at radius 2 is 1.77 bits per heavy atom. The summed E-state index contributed by atoms with van der Waals surface area (Å²) in [6.45, 7) is -2.12. The molecular weight excluding hydrogens is 410 g/mol. The number of benzene rings is 2. The van der Waals surface area contributed by atoms with Gasteiger partial charge >= 0.3 is 18.7 Å². The van der Waals surface area contributed by atoms with Crippen LogP contribution in [-0.2, 0) is 20.8 Å². The Morgan fingerprint density at radius 3 is 2.42 bits per heavy atom. The Bertz CT molecular complexity index is 864. The lowest BCUT2D eigenvalue weighted by Crippen LogP contribution is -2.56. The minimum Gasteiger partial charge on any atom is -0.465 e. The van der Waals surface area contributed by atoms with Crippen LogP contribution in [0.2, 0.25) is 0 Å². The van der Waals surface area contributed by atoms with Crippen molar-refractivity contribution in [2.45, 2.75) is 19.3 Å². The largest absolute Gasteiger partial charge is 0.465 e. The Hall–Kier alpha value is -3.20. The van der Waals surface area contributed by atoms with E-state index in [2.05, 4.69) is 9.47 Å². The van der Waals surface area contributed by atoms with E-state index in [0.717, 1.165) is 11.3 Å². The molecule has 0 aromatic heterocycles. The van der Waals surface area contributed by atoms with Gasteiger partial charge in [-0.25, -0.2) is 9.59 Å². The smallest absolute Gasteiger partial charge is 0.410 e. The first-order valence-electron chi connectivity index (χ1n) is 9.78. The van der Waals surface area contributed by atoms with Crippen LogP contribution in [0.4, 0.5) is 19.3 Å². The second kappa shape index (κ2) is 10.7. The molecule has 2 aromatic rings. The number of methoxy groups -OCH3 is 1. The number of carbonyl (C=O) groups excluding carboxylic acids is 2. The fourth-order valence-corrected chi connectivity index (χ4v) is 3.40. The predicted octanol–water partition coefficient (Wildman–Crippen LogP) is 3.54. The molecule has 1 amide bonds. The van der Waals surface area contributed by atoms with Crippen LogP contribution in [0, 0.1) is 0 Å². The molecule has 0 N–H and O–H groups in total. The molecular formula is C22H24F2N2O5. The van der Waals surface area contributed by atoms with E-state index in [0.29, 0.717) is 18.7 Å². The second-order valence-corrected chi connectivity index (χ2v) is 6.97. The van der Waals surface area contributed by atoms with Gasteiger partial charge in [0, 0.05) is 25.3 Å². The summed E-state index contributed by atoms with van der Waals surface area (Å²) < 4.78 is 39.9. The summed E-state index contributed by atoms with van der Waals surface area (Å²) in [5, 5.41) is 0. The van der Waals surface area contributed by atoms with Gasteiger partial charge in [-0.2, -0.15) is 8.78 Å². The number of hydrogen-bond acceptors (Lipinski definition) is 6. The summed E-state index contributed by atoms with van der Waals surface area (Å²) in [4.78, 5) is 27.5. The van der Waals surface area contributed by atoms with Crippen LogP contribution in [0.15, 0.2) is 54.6 Å². The summed E-state index contributed by atoms with van der Waals surface area (Å²) in [6, 6.07) is 15.4. The first-order chi connectivity index (χ1) is 15.0. The molecule has 1 atom stereocenters. The molecule has 0 spiro atoms. The fourth-order valence-electron chi connectivity index (χ4n) is 3.40. The molecule has 2 aromatic carbocycles. The zero-order valence-corrected chi connectivity index (χ0v) is 17.1. The number of rotatable bonds is 7. The van der Waals surface area contributed by atoms with Crippen LogP contribution in [0.25, 0.3) is 0 Å². The topological polar surface area (TPSA) is 68.3 Å². The predicted molar refractivity (Wildman–Crippen MR) is 109 cm³/mol. The fraction of sp³-hybridized carbons (Fsp3) is 0.364. The van der Waals surface area contributed by atoms with Crippen LogP contribution in [0.3, 0.4) is 0 Å². The third-order valence-electron chi connectivity index (χ3n) is 4.98. The lowest BCUT2D eigenvalue weighted by Gasteiger charge is -2.42. The van der Waals surface area contributed by atoms with E-state index >= 15 is 0 Å². The number of piperazine rings is 1. The number of esters is 1. The SMILES string of the molecule is COC(=O)c1ccc(N2CCN(C(=O)OCc3ccccc3)CC2COC(F)F)cc1. The van der Waals surface area contributed by atoms with Gasteiger partial charge in [-0.1, -0.05) is 30.3 Å². The van der Waals surface area contributed by atoms with Gasteiger partial charge < -0.3 is 24.0 Å². The average Bonchev–Trinajstić information content (AvgIpc) is 2.81. The highest BCUT2D eigenvalue weighted by molar-refractivity contribution is 5.89. The van der Waals surface area contributed by atoms with E-state index in [9.17, 15) is 18.4 Å². The number of halogens is 2. The van der Waals surface area contributed by atoms with Crippen molar-refractivity contribution in [2.75, 3.05) is 38.3 Å². The number of ether oxygens (including phenoxy) is 3. The van der Waals surface area contributed by atoms with E-state index in [1.807, 2.05) is 35.2 Å². The molecule has 166 valence electrons. The van der Waals surface area contributed by atoms with Gasteiger partial charge in [0.25, 0.3) is 0 Å². The molecule has 0 bridgehead atoms. The first kappa shape index (κ1) is 22.5. The van der Waals surface area contributed by atoms with E-state index in [1.54, 1.807) is 24.3 Å². The maximum absolute atomic E-state index is 12.7. The maximum atomic E-state index is 12.7. The van der Waals surface area contributed by atoms with Crippen molar-refractivity contribution in [3.63, 3.8) is 0 Å². The molecule has 1 fully saturated rings. The molecule has 1 heterocycles. The maximum Gasteiger partial charge on any atom is 0.410 e. The first-order valence-corrected chi connectivity index (χ1v) is 9.78. The Kier molecular flexibility index (Phi) is 7.77. The van der Waals surface area contributed by atoms with Gasteiger partial charge in [0.1, 0.15) is 6.61 Å². The number of nitrogens with zero attached hydrogens (tertiary/aromatic N) is 2. The minimum absolute atomic E-state index is 0.132. The highest BCUT2D eigenvalue weighted by atomic mass is 19.3. The molecule has 1 saturated heterocycles. The number of hydrogen-bond donors (Lipinski definition) is 0. The van der Waals surface area contributed by atoms with Gasteiger partial charge in [0.05, 0.1) is 25.3 Å². The number of alkyl halides is 2. The van der Waals surface area contributed by atoms with Crippen molar-refractivity contribution in [1.29, 1.82) is 0 Å². The number of amides is 1. The van der Waals surface area contributed by atoms with Crippen molar-refractivity contribution < 1.29 is 32.6 Å². The molecule has 31 heavy (non-hydrogen) atoms. The summed E-state index contributed by atoms with van der Waals surface area (Å²) in [7, 11) is 1.30. The van der Waals surface area contributed by atoms with Crippen molar-refractivity contribution in [3.8, 4) is 0 Å². The summed E-state index contributed by atoms with van der Waals surface area (Å²) in [6.07, 6.45) is -0.508. The highest BCUT2D eigenvalue weighted by Gasteiger charge is 2.31. The summed E-state index contributed by atoms with van der Waals surface area (Å²) >= 11 is 0. The Balaban J connectivity index is 1.66. The van der Waals surface area contributed by atoms with Gasteiger partial charge in [-0.3, -0.25) is 0 Å². The quantitative estimate of drug-likeness (QED) is 0.621. The molecule has 1 aliphatic rings. The zero-order chi connectivity index (χ0) is 22.2. The lowest BCUT2D eigenvalue weighted by molar-refractivity contribution is -0.133. The molecule has 0 radical (unpaired) electrons. The minimum atomic E-state index is -2.91. The van der Waals surface area contributed by atoms with Crippen LogP contribution >= 0.6 is 0 Å². The normalized spacial score (nSPS) is 16.3.